The summed E-state index contributed by atoms with van der Waals surface area (Å²) in [5.41, 5.74) is 1.26. The fraction of sp³-hybridized carbons (Fsp3) is 0.0769. The number of nitrogens with zero attached hydrogens (tertiary/aromatic N) is 2. The summed E-state index contributed by atoms with van der Waals surface area (Å²) < 4.78 is 0. The van der Waals surface area contributed by atoms with Crippen LogP contribution >= 0.6 is 34.7 Å². The highest BCUT2D eigenvalue weighted by atomic mass is 35.5. The normalized spacial score (nSPS) is 10.9. The lowest BCUT2D eigenvalue weighted by Gasteiger charge is -2.01. The molecule has 5 heteroatoms. The van der Waals surface area contributed by atoms with Crippen LogP contribution in [0.15, 0.2) is 46.9 Å². The number of hydrogen-bond acceptors (Lipinski definition) is 4. The Morgan fingerprint density at radius 1 is 1.11 bits per heavy atom. The van der Waals surface area contributed by atoms with Crippen LogP contribution < -0.4 is 0 Å². The lowest BCUT2D eigenvalue weighted by atomic mass is 10.2. The van der Waals surface area contributed by atoms with E-state index in [9.17, 15) is 0 Å². The Labute approximate surface area is 118 Å². The third-order valence-electron chi connectivity index (χ3n) is 2.47. The monoisotopic (exact) mass is 292 g/mol. The van der Waals surface area contributed by atoms with Gasteiger partial charge in [0.15, 0.2) is 5.16 Å². The predicted molar refractivity (Wildman–Crippen MR) is 78.4 cm³/mol. The average Bonchev–Trinajstić information content (AvgIpc) is 2.86. The van der Waals surface area contributed by atoms with Crippen LogP contribution in [-0.4, -0.2) is 9.97 Å². The fourth-order valence-electron chi connectivity index (χ4n) is 1.59. The maximum absolute atomic E-state index is 6.13. The number of thiophene rings is 1. The van der Waals surface area contributed by atoms with Gasteiger partial charge in [-0.15, -0.1) is 11.3 Å². The number of benzene rings is 1. The molecule has 0 unspecified atom stereocenters. The Morgan fingerprint density at radius 2 is 1.94 bits per heavy atom. The van der Waals surface area contributed by atoms with Gasteiger partial charge in [0.1, 0.15) is 9.98 Å². The van der Waals surface area contributed by atoms with E-state index < -0.39 is 0 Å². The molecule has 2 aromatic heterocycles. The van der Waals surface area contributed by atoms with Gasteiger partial charge in [0.2, 0.25) is 0 Å². The molecule has 0 N–H and O–H groups in total. The van der Waals surface area contributed by atoms with Crippen LogP contribution in [0.1, 0.15) is 5.56 Å². The van der Waals surface area contributed by atoms with Gasteiger partial charge in [-0.25, -0.2) is 9.97 Å². The van der Waals surface area contributed by atoms with Crippen molar-refractivity contribution in [2.24, 2.45) is 0 Å². The van der Waals surface area contributed by atoms with E-state index in [0.717, 1.165) is 21.1 Å². The summed E-state index contributed by atoms with van der Waals surface area (Å²) in [5, 5.41) is 4.19. The molecule has 0 saturated heterocycles. The molecule has 0 amide bonds. The minimum atomic E-state index is 0.539. The van der Waals surface area contributed by atoms with Crippen molar-refractivity contribution in [3.05, 3.63) is 52.5 Å². The van der Waals surface area contributed by atoms with Gasteiger partial charge in [0, 0.05) is 11.1 Å². The van der Waals surface area contributed by atoms with E-state index in [0.29, 0.717) is 5.15 Å². The Kier molecular flexibility index (Phi) is 3.50. The van der Waals surface area contributed by atoms with Crippen molar-refractivity contribution in [1.82, 2.24) is 9.97 Å². The summed E-state index contributed by atoms with van der Waals surface area (Å²) in [6.45, 7) is 0. The minimum absolute atomic E-state index is 0.539. The topological polar surface area (TPSA) is 25.8 Å². The van der Waals surface area contributed by atoms with Crippen LogP contribution in [0.3, 0.4) is 0 Å². The fourth-order valence-corrected chi connectivity index (χ4v) is 3.55. The van der Waals surface area contributed by atoms with Crippen LogP contribution in [0.2, 0.25) is 5.15 Å². The molecule has 3 aromatic rings. The molecule has 1 aromatic carbocycles. The highest BCUT2D eigenvalue weighted by Crippen LogP contribution is 2.28. The zero-order valence-corrected chi connectivity index (χ0v) is 11.7. The molecule has 0 spiro atoms. The number of fused-ring (bicyclic) bond motifs is 1. The predicted octanol–water partition coefficient (Wildman–Crippen LogP) is 4.64. The maximum atomic E-state index is 6.13. The lowest BCUT2D eigenvalue weighted by molar-refractivity contribution is 1.01. The van der Waals surface area contributed by atoms with Gasteiger partial charge in [0.25, 0.3) is 0 Å². The summed E-state index contributed by atoms with van der Waals surface area (Å²) in [7, 11) is 0. The second-order valence-electron chi connectivity index (χ2n) is 3.71. The van der Waals surface area contributed by atoms with Gasteiger partial charge < -0.3 is 0 Å². The second kappa shape index (κ2) is 5.26. The first-order chi connectivity index (χ1) is 8.83. The molecular formula is C13H9ClN2S2. The highest BCUT2D eigenvalue weighted by Gasteiger charge is 2.07. The summed E-state index contributed by atoms with van der Waals surface area (Å²) in [5.74, 6) is 0.855. The van der Waals surface area contributed by atoms with Crippen molar-refractivity contribution in [2.75, 3.05) is 0 Å². The Balaban J connectivity index is 1.82. The SMILES string of the molecule is Clc1nc(SCc2ccccc2)nc2sccc12. The molecule has 0 bridgehead atoms. The minimum Gasteiger partial charge on any atom is -0.211 e. The van der Waals surface area contributed by atoms with Gasteiger partial charge >= 0.3 is 0 Å². The largest absolute Gasteiger partial charge is 0.211 e. The summed E-state index contributed by atoms with van der Waals surface area (Å²) in [6.07, 6.45) is 0. The summed E-state index contributed by atoms with van der Waals surface area (Å²) in [4.78, 5) is 9.76. The highest BCUT2D eigenvalue weighted by molar-refractivity contribution is 7.98. The molecule has 0 aliphatic rings. The first kappa shape index (κ1) is 12.0. The molecule has 18 heavy (non-hydrogen) atoms. The Morgan fingerprint density at radius 3 is 2.78 bits per heavy atom. The van der Waals surface area contributed by atoms with E-state index in [1.165, 1.54) is 5.56 Å². The number of rotatable bonds is 3. The van der Waals surface area contributed by atoms with Crippen LogP contribution in [0.5, 0.6) is 0 Å². The van der Waals surface area contributed by atoms with Crippen LogP contribution in [0.4, 0.5) is 0 Å². The van der Waals surface area contributed by atoms with Crippen LogP contribution in [-0.2, 0) is 5.75 Å². The van der Waals surface area contributed by atoms with Gasteiger partial charge in [0.05, 0.1) is 0 Å². The molecule has 0 atom stereocenters. The van der Waals surface area contributed by atoms with E-state index in [1.807, 2.05) is 29.6 Å². The van der Waals surface area contributed by atoms with E-state index in [-0.39, 0.29) is 0 Å². The third kappa shape index (κ3) is 2.51. The van der Waals surface area contributed by atoms with E-state index in [1.54, 1.807) is 23.1 Å². The van der Waals surface area contributed by atoms with Crippen molar-refractivity contribution >= 4 is 44.9 Å². The van der Waals surface area contributed by atoms with Crippen molar-refractivity contribution in [1.29, 1.82) is 0 Å². The average molecular weight is 293 g/mol. The van der Waals surface area contributed by atoms with Crippen molar-refractivity contribution < 1.29 is 0 Å². The number of aromatic nitrogens is 2. The first-order valence-electron chi connectivity index (χ1n) is 5.40. The lowest BCUT2D eigenvalue weighted by Crippen LogP contribution is -1.88. The van der Waals surface area contributed by atoms with E-state index in [4.69, 9.17) is 11.6 Å². The summed E-state index contributed by atoms with van der Waals surface area (Å²) in [6, 6.07) is 12.2. The molecular weight excluding hydrogens is 284 g/mol. The van der Waals surface area contributed by atoms with Gasteiger partial charge in [-0.3, -0.25) is 0 Å². The standard InChI is InChI=1S/C13H9ClN2S2/c14-11-10-6-7-17-12(10)16-13(15-11)18-8-9-4-2-1-3-5-9/h1-7H,8H2. The molecule has 0 aliphatic carbocycles. The van der Waals surface area contributed by atoms with E-state index in [2.05, 4.69) is 22.1 Å². The van der Waals surface area contributed by atoms with Crippen molar-refractivity contribution in [3.63, 3.8) is 0 Å². The Hall–Kier alpha value is -1.10. The van der Waals surface area contributed by atoms with E-state index >= 15 is 0 Å². The van der Waals surface area contributed by atoms with Crippen molar-refractivity contribution in [3.8, 4) is 0 Å². The van der Waals surface area contributed by atoms with Crippen molar-refractivity contribution in [2.45, 2.75) is 10.9 Å². The molecule has 0 saturated carbocycles. The molecule has 90 valence electrons. The number of halogens is 1. The zero-order valence-electron chi connectivity index (χ0n) is 9.34. The number of hydrogen-bond donors (Lipinski definition) is 0. The van der Waals surface area contributed by atoms with Gasteiger partial charge in [-0.2, -0.15) is 0 Å². The third-order valence-corrected chi connectivity index (χ3v) is 4.48. The first-order valence-corrected chi connectivity index (χ1v) is 7.65. The van der Waals surface area contributed by atoms with Gasteiger partial charge in [-0.05, 0) is 17.0 Å². The molecule has 0 aliphatic heterocycles. The Bertz CT molecular complexity index is 667. The maximum Gasteiger partial charge on any atom is 0.190 e. The quantitative estimate of drug-likeness (QED) is 0.400. The summed E-state index contributed by atoms with van der Waals surface area (Å²) >= 11 is 9.32. The smallest absolute Gasteiger partial charge is 0.190 e. The molecule has 0 fully saturated rings. The second-order valence-corrected chi connectivity index (χ2v) is 5.91. The van der Waals surface area contributed by atoms with Crippen LogP contribution in [0.25, 0.3) is 10.2 Å². The molecule has 0 radical (unpaired) electrons. The molecule has 3 rings (SSSR count). The molecule has 2 heterocycles. The van der Waals surface area contributed by atoms with Crippen LogP contribution in [0, 0.1) is 0 Å². The zero-order chi connectivity index (χ0) is 12.4. The van der Waals surface area contributed by atoms with Gasteiger partial charge in [-0.1, -0.05) is 53.7 Å². The number of thioether (sulfide) groups is 1. The molecule has 2 nitrogen and oxygen atoms in total.